The molecule has 1 amide bonds. The van der Waals surface area contributed by atoms with Gasteiger partial charge in [0.05, 0.1) is 5.41 Å². The second-order valence-electron chi connectivity index (χ2n) is 5.84. The molecule has 1 fully saturated rings. The fourth-order valence-corrected chi connectivity index (χ4v) is 3.39. The minimum absolute atomic E-state index is 0.0710. The van der Waals surface area contributed by atoms with Gasteiger partial charge in [0, 0.05) is 13.1 Å². The highest BCUT2D eigenvalue weighted by atomic mass is 16.4. The summed E-state index contributed by atoms with van der Waals surface area (Å²) in [6.45, 7) is 6.67. The average molecular weight is 284 g/mol. The third-order valence-corrected chi connectivity index (χ3v) is 4.99. The molecule has 1 saturated heterocycles. The summed E-state index contributed by atoms with van der Waals surface area (Å²) in [6.07, 6.45) is 3.88. The molecule has 1 rings (SSSR count). The third-order valence-electron chi connectivity index (χ3n) is 4.99. The number of aliphatic carboxylic acids is 1. The summed E-state index contributed by atoms with van der Waals surface area (Å²) in [7, 11) is 0. The first-order chi connectivity index (χ1) is 9.44. The van der Waals surface area contributed by atoms with Crippen molar-refractivity contribution < 1.29 is 14.7 Å². The van der Waals surface area contributed by atoms with E-state index in [1.54, 1.807) is 4.90 Å². The van der Waals surface area contributed by atoms with Crippen molar-refractivity contribution in [1.29, 1.82) is 0 Å². The number of carboxylic acids is 1. The zero-order valence-electron chi connectivity index (χ0n) is 12.9. The summed E-state index contributed by atoms with van der Waals surface area (Å²) in [4.78, 5) is 26.3. The smallest absolute Gasteiger partial charge is 0.329 e. The lowest BCUT2D eigenvalue weighted by atomic mass is 9.79. The van der Waals surface area contributed by atoms with Gasteiger partial charge in [-0.1, -0.05) is 27.2 Å². The Balaban J connectivity index is 3.15. The van der Waals surface area contributed by atoms with Crippen molar-refractivity contribution in [3.63, 3.8) is 0 Å². The Morgan fingerprint density at radius 2 is 1.90 bits per heavy atom. The Hall–Kier alpha value is -1.10. The van der Waals surface area contributed by atoms with E-state index in [-0.39, 0.29) is 12.5 Å². The number of nitrogens with two attached hydrogens (primary N) is 1. The molecule has 3 N–H and O–H groups in total. The molecule has 1 aliphatic heterocycles. The van der Waals surface area contributed by atoms with E-state index >= 15 is 0 Å². The van der Waals surface area contributed by atoms with Crippen LogP contribution in [0.1, 0.15) is 59.3 Å². The molecule has 0 spiro atoms. The number of carboxylic acid groups (broad SMARTS) is 1. The number of amides is 1. The summed E-state index contributed by atoms with van der Waals surface area (Å²) >= 11 is 0. The van der Waals surface area contributed by atoms with Crippen LogP contribution in [0.3, 0.4) is 0 Å². The van der Waals surface area contributed by atoms with Gasteiger partial charge in [-0.05, 0) is 32.1 Å². The van der Waals surface area contributed by atoms with Crippen LogP contribution >= 0.6 is 0 Å². The zero-order valence-corrected chi connectivity index (χ0v) is 12.9. The Morgan fingerprint density at radius 1 is 1.30 bits per heavy atom. The van der Waals surface area contributed by atoms with Gasteiger partial charge in [-0.2, -0.15) is 0 Å². The van der Waals surface area contributed by atoms with E-state index in [0.29, 0.717) is 32.2 Å². The SMILES string of the molecule is CCCC1(C(=O)O)CCCN1C(=O)C(CC)(CC)CN. The Labute approximate surface area is 121 Å². The second-order valence-corrected chi connectivity index (χ2v) is 5.84. The van der Waals surface area contributed by atoms with Crippen LogP contribution in [0, 0.1) is 5.41 Å². The Morgan fingerprint density at radius 3 is 2.30 bits per heavy atom. The van der Waals surface area contributed by atoms with Crippen molar-refractivity contribution >= 4 is 11.9 Å². The average Bonchev–Trinajstić information content (AvgIpc) is 2.86. The molecule has 0 aromatic carbocycles. The number of carbonyl (C=O) groups is 2. The molecule has 0 aliphatic carbocycles. The van der Waals surface area contributed by atoms with E-state index in [1.165, 1.54) is 0 Å². The van der Waals surface area contributed by atoms with Crippen LogP contribution in [0.15, 0.2) is 0 Å². The monoisotopic (exact) mass is 284 g/mol. The third kappa shape index (κ3) is 2.55. The van der Waals surface area contributed by atoms with Crippen molar-refractivity contribution in [3.05, 3.63) is 0 Å². The van der Waals surface area contributed by atoms with Crippen LogP contribution in [0.2, 0.25) is 0 Å². The molecule has 5 nitrogen and oxygen atoms in total. The lowest BCUT2D eigenvalue weighted by molar-refractivity contribution is -0.162. The van der Waals surface area contributed by atoms with Crippen molar-refractivity contribution in [3.8, 4) is 0 Å². The van der Waals surface area contributed by atoms with Crippen LogP contribution in [-0.4, -0.2) is 40.5 Å². The molecular formula is C15H28N2O3. The molecule has 0 radical (unpaired) electrons. The normalized spacial score (nSPS) is 23.1. The topological polar surface area (TPSA) is 83.6 Å². The van der Waals surface area contributed by atoms with Gasteiger partial charge in [0.25, 0.3) is 0 Å². The highest BCUT2D eigenvalue weighted by molar-refractivity contribution is 5.90. The summed E-state index contributed by atoms with van der Waals surface area (Å²) in [5, 5.41) is 9.67. The van der Waals surface area contributed by atoms with Crippen LogP contribution in [0.25, 0.3) is 0 Å². The minimum Gasteiger partial charge on any atom is -0.479 e. The van der Waals surface area contributed by atoms with Crippen LogP contribution in [0.4, 0.5) is 0 Å². The van der Waals surface area contributed by atoms with Gasteiger partial charge in [-0.25, -0.2) is 4.79 Å². The predicted octanol–water partition coefficient (Wildman–Crippen LogP) is 2.00. The van der Waals surface area contributed by atoms with Crippen LogP contribution in [0.5, 0.6) is 0 Å². The molecule has 20 heavy (non-hydrogen) atoms. The fraction of sp³-hybridized carbons (Fsp3) is 0.867. The summed E-state index contributed by atoms with van der Waals surface area (Å²) in [5.41, 5.74) is 4.21. The fourth-order valence-electron chi connectivity index (χ4n) is 3.39. The van der Waals surface area contributed by atoms with Gasteiger partial charge >= 0.3 is 5.97 Å². The number of hydrogen-bond donors (Lipinski definition) is 2. The molecule has 0 bridgehead atoms. The maximum absolute atomic E-state index is 12.9. The number of nitrogens with zero attached hydrogens (tertiary/aromatic N) is 1. The van der Waals surface area contributed by atoms with Gasteiger partial charge in [0.1, 0.15) is 5.54 Å². The molecule has 1 unspecified atom stereocenters. The number of carbonyl (C=O) groups excluding carboxylic acids is 1. The molecule has 1 atom stereocenters. The van der Waals surface area contributed by atoms with E-state index in [0.717, 1.165) is 12.8 Å². The highest BCUT2D eigenvalue weighted by Gasteiger charge is 2.52. The van der Waals surface area contributed by atoms with Gasteiger partial charge in [-0.3, -0.25) is 4.79 Å². The largest absolute Gasteiger partial charge is 0.479 e. The minimum atomic E-state index is -1.02. The quantitative estimate of drug-likeness (QED) is 0.749. The second kappa shape index (κ2) is 6.57. The first kappa shape index (κ1) is 17.0. The molecule has 5 heteroatoms. The molecule has 0 aromatic heterocycles. The van der Waals surface area contributed by atoms with E-state index in [9.17, 15) is 14.7 Å². The Kier molecular flexibility index (Phi) is 5.57. The lowest BCUT2D eigenvalue weighted by Gasteiger charge is -2.41. The van der Waals surface area contributed by atoms with Crippen molar-refractivity contribution in [1.82, 2.24) is 4.90 Å². The van der Waals surface area contributed by atoms with E-state index in [4.69, 9.17) is 5.73 Å². The Bertz CT molecular complexity index is 358. The van der Waals surface area contributed by atoms with Crippen molar-refractivity contribution in [2.45, 2.75) is 64.8 Å². The van der Waals surface area contributed by atoms with Crippen LogP contribution in [-0.2, 0) is 9.59 Å². The predicted molar refractivity (Wildman–Crippen MR) is 78.3 cm³/mol. The summed E-state index contributed by atoms with van der Waals surface area (Å²) in [6, 6.07) is 0. The molecule has 1 aliphatic rings. The van der Waals surface area contributed by atoms with Crippen molar-refractivity contribution in [2.75, 3.05) is 13.1 Å². The first-order valence-corrected chi connectivity index (χ1v) is 7.69. The lowest BCUT2D eigenvalue weighted by Crippen LogP contribution is -2.58. The van der Waals surface area contributed by atoms with E-state index in [1.807, 2.05) is 20.8 Å². The number of rotatable bonds is 7. The molecule has 1 heterocycles. The maximum Gasteiger partial charge on any atom is 0.329 e. The standard InChI is InChI=1S/C15H28N2O3/c1-4-8-15(13(19)20)9-7-10-17(15)12(18)14(5-2,6-3)11-16/h4-11,16H2,1-3H3,(H,19,20). The summed E-state index contributed by atoms with van der Waals surface area (Å²) in [5.74, 6) is -0.943. The maximum atomic E-state index is 12.9. The van der Waals surface area contributed by atoms with Gasteiger partial charge in [0.2, 0.25) is 5.91 Å². The van der Waals surface area contributed by atoms with Crippen molar-refractivity contribution in [2.24, 2.45) is 11.1 Å². The molecule has 0 aromatic rings. The molecule has 116 valence electrons. The highest BCUT2D eigenvalue weighted by Crippen LogP contribution is 2.39. The van der Waals surface area contributed by atoms with Gasteiger partial charge < -0.3 is 15.7 Å². The molecule has 0 saturated carbocycles. The number of hydrogen-bond acceptors (Lipinski definition) is 3. The van der Waals surface area contributed by atoms with E-state index < -0.39 is 16.9 Å². The first-order valence-electron chi connectivity index (χ1n) is 7.69. The number of likely N-dealkylation sites (tertiary alicyclic amines) is 1. The zero-order chi connectivity index (χ0) is 15.4. The van der Waals surface area contributed by atoms with E-state index in [2.05, 4.69) is 0 Å². The van der Waals surface area contributed by atoms with Gasteiger partial charge in [0.15, 0.2) is 0 Å². The summed E-state index contributed by atoms with van der Waals surface area (Å²) < 4.78 is 0. The van der Waals surface area contributed by atoms with Gasteiger partial charge in [-0.15, -0.1) is 0 Å². The molecular weight excluding hydrogens is 256 g/mol. The van der Waals surface area contributed by atoms with Crippen LogP contribution < -0.4 is 5.73 Å².